The summed E-state index contributed by atoms with van der Waals surface area (Å²) in [7, 11) is 1.98. The predicted octanol–water partition coefficient (Wildman–Crippen LogP) is 2.54. The zero-order valence-electron chi connectivity index (χ0n) is 11.9. The van der Waals surface area contributed by atoms with Crippen molar-refractivity contribution in [1.82, 2.24) is 9.55 Å². The van der Waals surface area contributed by atoms with Crippen LogP contribution < -0.4 is 10.6 Å². The van der Waals surface area contributed by atoms with Crippen molar-refractivity contribution in [2.45, 2.75) is 26.3 Å². The molecular weight excluding hydrogens is 252 g/mol. The maximum absolute atomic E-state index is 11.8. The van der Waals surface area contributed by atoms with Crippen LogP contribution in [0.1, 0.15) is 19.0 Å². The molecule has 0 unspecified atom stereocenters. The lowest BCUT2D eigenvalue weighted by atomic mass is 10.1. The van der Waals surface area contributed by atoms with Crippen molar-refractivity contribution >= 4 is 17.3 Å². The van der Waals surface area contributed by atoms with Gasteiger partial charge in [-0.2, -0.15) is 0 Å². The maximum Gasteiger partial charge on any atom is 0.226 e. The quantitative estimate of drug-likeness (QED) is 0.837. The number of hydrogen-bond donors (Lipinski definition) is 2. The van der Waals surface area contributed by atoms with Crippen LogP contribution in [0, 0.1) is 6.92 Å². The number of nitrogens with zero attached hydrogens (tertiary/aromatic N) is 2. The van der Waals surface area contributed by atoms with E-state index in [1.54, 1.807) is 0 Å². The molecule has 0 fully saturated rings. The topological polar surface area (TPSA) is 59.0 Å². The van der Waals surface area contributed by atoms with Crippen molar-refractivity contribution in [2.75, 3.05) is 10.6 Å². The molecule has 1 amide bonds. The Morgan fingerprint density at radius 2 is 2.20 bits per heavy atom. The molecule has 2 aromatic rings. The first-order valence-corrected chi connectivity index (χ1v) is 6.74. The molecule has 1 aromatic carbocycles. The Kier molecular flexibility index (Phi) is 2.97. The minimum absolute atomic E-state index is 0.0388. The number of rotatable bonds is 1. The summed E-state index contributed by atoms with van der Waals surface area (Å²) in [6.45, 7) is 3.98. The number of hydrogen-bond acceptors (Lipinski definition) is 3. The van der Waals surface area contributed by atoms with Crippen molar-refractivity contribution in [3.63, 3.8) is 0 Å². The number of amides is 1. The van der Waals surface area contributed by atoms with E-state index in [2.05, 4.69) is 15.6 Å². The smallest absolute Gasteiger partial charge is 0.226 e. The summed E-state index contributed by atoms with van der Waals surface area (Å²) in [5, 5.41) is 6.37. The van der Waals surface area contributed by atoms with E-state index < -0.39 is 0 Å². The Balaban J connectivity index is 2.16. The van der Waals surface area contributed by atoms with Crippen LogP contribution in [-0.4, -0.2) is 21.5 Å². The van der Waals surface area contributed by atoms with E-state index in [0.29, 0.717) is 6.42 Å². The number of para-hydroxylation sites is 1. The fraction of sp³-hybridized carbons (Fsp3) is 0.333. The van der Waals surface area contributed by atoms with Crippen LogP contribution in [0.2, 0.25) is 0 Å². The van der Waals surface area contributed by atoms with Crippen molar-refractivity contribution in [3.8, 4) is 11.4 Å². The largest absolute Gasteiger partial charge is 0.380 e. The molecule has 1 atom stereocenters. The minimum atomic E-state index is 0.0388. The summed E-state index contributed by atoms with van der Waals surface area (Å²) in [6.07, 6.45) is 2.46. The average Bonchev–Trinajstić information content (AvgIpc) is 2.61. The van der Waals surface area contributed by atoms with Crippen LogP contribution in [0.25, 0.3) is 11.4 Å². The Labute approximate surface area is 118 Å². The number of benzene rings is 1. The molecule has 0 bridgehead atoms. The monoisotopic (exact) mass is 270 g/mol. The molecule has 5 heteroatoms. The summed E-state index contributed by atoms with van der Waals surface area (Å²) in [5.41, 5.74) is 3.75. The molecule has 2 heterocycles. The average molecular weight is 270 g/mol. The summed E-state index contributed by atoms with van der Waals surface area (Å²) in [6, 6.07) is 5.98. The molecule has 1 aliphatic rings. The van der Waals surface area contributed by atoms with Gasteiger partial charge in [0.05, 0.1) is 17.1 Å². The Morgan fingerprint density at radius 1 is 1.40 bits per heavy atom. The van der Waals surface area contributed by atoms with Gasteiger partial charge in [0.15, 0.2) is 0 Å². The van der Waals surface area contributed by atoms with E-state index in [-0.39, 0.29) is 11.9 Å². The fourth-order valence-corrected chi connectivity index (χ4v) is 2.64. The van der Waals surface area contributed by atoms with Gasteiger partial charge >= 0.3 is 0 Å². The third-order valence-corrected chi connectivity index (χ3v) is 3.46. The molecule has 0 aliphatic carbocycles. The highest BCUT2D eigenvalue weighted by atomic mass is 16.1. The Hall–Kier alpha value is -2.30. The number of carbonyl (C=O) groups excluding carboxylic acids is 1. The van der Waals surface area contributed by atoms with Crippen molar-refractivity contribution in [3.05, 3.63) is 30.1 Å². The van der Waals surface area contributed by atoms with Gasteiger partial charge in [0.1, 0.15) is 5.82 Å². The second kappa shape index (κ2) is 4.67. The molecule has 0 spiro atoms. The van der Waals surface area contributed by atoms with Crippen LogP contribution in [0.4, 0.5) is 11.4 Å². The molecule has 20 heavy (non-hydrogen) atoms. The molecule has 2 N–H and O–H groups in total. The zero-order valence-corrected chi connectivity index (χ0v) is 11.9. The van der Waals surface area contributed by atoms with Gasteiger partial charge in [-0.3, -0.25) is 4.79 Å². The van der Waals surface area contributed by atoms with E-state index >= 15 is 0 Å². The highest BCUT2D eigenvalue weighted by molar-refractivity contribution is 5.99. The van der Waals surface area contributed by atoms with E-state index in [4.69, 9.17) is 0 Å². The molecule has 0 radical (unpaired) electrons. The van der Waals surface area contributed by atoms with E-state index in [1.165, 1.54) is 0 Å². The molecular formula is C15H18N4O. The first-order valence-electron chi connectivity index (χ1n) is 6.74. The predicted molar refractivity (Wildman–Crippen MR) is 79.7 cm³/mol. The maximum atomic E-state index is 11.8. The second-order valence-corrected chi connectivity index (χ2v) is 5.34. The number of anilines is 2. The van der Waals surface area contributed by atoms with Gasteiger partial charge in [-0.1, -0.05) is 6.07 Å². The van der Waals surface area contributed by atoms with Crippen LogP contribution >= 0.6 is 0 Å². The highest BCUT2D eigenvalue weighted by Gasteiger charge is 2.21. The molecule has 104 valence electrons. The third kappa shape index (κ3) is 2.15. The zero-order chi connectivity index (χ0) is 14.3. The van der Waals surface area contributed by atoms with Crippen molar-refractivity contribution in [1.29, 1.82) is 0 Å². The molecule has 0 saturated heterocycles. The summed E-state index contributed by atoms with van der Waals surface area (Å²) in [5.74, 6) is 0.937. The van der Waals surface area contributed by atoms with Crippen molar-refractivity contribution < 1.29 is 4.79 Å². The summed E-state index contributed by atoms with van der Waals surface area (Å²) >= 11 is 0. The third-order valence-electron chi connectivity index (χ3n) is 3.46. The van der Waals surface area contributed by atoms with Gasteiger partial charge in [0.2, 0.25) is 5.91 Å². The van der Waals surface area contributed by atoms with Gasteiger partial charge in [0, 0.05) is 31.3 Å². The first-order chi connectivity index (χ1) is 9.54. The van der Waals surface area contributed by atoms with E-state index in [0.717, 1.165) is 28.5 Å². The molecule has 5 nitrogen and oxygen atoms in total. The number of aryl methyl sites for hydroxylation is 2. The molecule has 3 rings (SSSR count). The molecule has 1 aromatic heterocycles. The lowest BCUT2D eigenvalue weighted by Gasteiger charge is -2.16. The van der Waals surface area contributed by atoms with Gasteiger partial charge in [-0.25, -0.2) is 4.98 Å². The van der Waals surface area contributed by atoms with Crippen LogP contribution in [0.5, 0.6) is 0 Å². The SMILES string of the molecule is Cc1cn(C)c(-c2cccc3c2N[C@H](C)CC(=O)N3)n1. The number of aromatic nitrogens is 2. The lowest BCUT2D eigenvalue weighted by molar-refractivity contribution is -0.116. The number of imidazole rings is 1. The summed E-state index contributed by atoms with van der Waals surface area (Å²) in [4.78, 5) is 16.4. The van der Waals surface area contributed by atoms with Crippen LogP contribution in [0.15, 0.2) is 24.4 Å². The second-order valence-electron chi connectivity index (χ2n) is 5.34. The molecule has 0 saturated carbocycles. The lowest BCUT2D eigenvalue weighted by Crippen LogP contribution is -2.19. The molecule has 1 aliphatic heterocycles. The van der Waals surface area contributed by atoms with Crippen LogP contribution in [0.3, 0.4) is 0 Å². The number of fused-ring (bicyclic) bond motifs is 1. The fourth-order valence-electron chi connectivity index (χ4n) is 2.64. The van der Waals surface area contributed by atoms with Gasteiger partial charge in [-0.15, -0.1) is 0 Å². The van der Waals surface area contributed by atoms with Gasteiger partial charge < -0.3 is 15.2 Å². The Morgan fingerprint density at radius 3 is 2.90 bits per heavy atom. The van der Waals surface area contributed by atoms with Crippen molar-refractivity contribution in [2.24, 2.45) is 7.05 Å². The van der Waals surface area contributed by atoms with E-state index in [9.17, 15) is 4.79 Å². The first kappa shape index (κ1) is 12.7. The Bertz CT molecular complexity index is 675. The van der Waals surface area contributed by atoms with Crippen LogP contribution in [-0.2, 0) is 11.8 Å². The number of nitrogens with one attached hydrogen (secondary N) is 2. The number of carbonyl (C=O) groups is 1. The van der Waals surface area contributed by atoms with Gasteiger partial charge in [0.25, 0.3) is 0 Å². The van der Waals surface area contributed by atoms with E-state index in [1.807, 2.05) is 49.9 Å². The minimum Gasteiger partial charge on any atom is -0.380 e. The summed E-state index contributed by atoms with van der Waals surface area (Å²) < 4.78 is 2.00. The van der Waals surface area contributed by atoms with Gasteiger partial charge in [-0.05, 0) is 26.0 Å². The normalized spacial score (nSPS) is 17.9. The standard InChI is InChI=1S/C15H18N4O/c1-9-7-13(20)18-12-6-4-5-11(14(12)16-9)15-17-10(2)8-19(15)3/h4-6,8-9,16H,7H2,1-3H3,(H,18,20)/t9-/m1/s1. The highest BCUT2D eigenvalue weighted by Crippen LogP contribution is 2.35.